The summed E-state index contributed by atoms with van der Waals surface area (Å²) in [5, 5.41) is 4.42. The first kappa shape index (κ1) is 17.8. The molecule has 0 saturated heterocycles. The van der Waals surface area contributed by atoms with E-state index in [4.69, 9.17) is 4.74 Å². The number of carbonyl (C=O) groups is 3. The lowest BCUT2D eigenvalue weighted by atomic mass is 10.2. The zero-order valence-corrected chi connectivity index (χ0v) is 13.2. The molecule has 1 aromatic carbocycles. The van der Waals surface area contributed by atoms with E-state index in [1.54, 1.807) is 24.8 Å². The maximum absolute atomic E-state index is 11.5. The van der Waals surface area contributed by atoms with Crippen molar-refractivity contribution in [3.05, 3.63) is 35.9 Å². The Balaban J connectivity index is 2.37. The third-order valence-electron chi connectivity index (χ3n) is 2.46. The number of urea groups is 1. The topological polar surface area (TPSA) is 84.5 Å². The zero-order chi connectivity index (χ0) is 16.4. The highest BCUT2D eigenvalue weighted by Crippen LogP contribution is 2.15. The van der Waals surface area contributed by atoms with Crippen LogP contribution in [0.2, 0.25) is 0 Å². The van der Waals surface area contributed by atoms with Crippen LogP contribution in [-0.2, 0) is 14.3 Å². The monoisotopic (exact) mass is 322 g/mol. The van der Waals surface area contributed by atoms with Gasteiger partial charge in [0.1, 0.15) is 0 Å². The second-order valence-electron chi connectivity index (χ2n) is 4.12. The van der Waals surface area contributed by atoms with E-state index >= 15 is 0 Å². The third-order valence-corrected chi connectivity index (χ3v) is 3.21. The number of thioether (sulfide) groups is 1. The largest absolute Gasteiger partial charge is 0.452 e. The molecule has 0 radical (unpaired) electrons. The quantitative estimate of drug-likeness (QED) is 0.474. The molecule has 0 aromatic heterocycles. The second-order valence-corrected chi connectivity index (χ2v) is 5.00. The molecule has 7 heteroatoms. The Labute approximate surface area is 133 Å². The predicted octanol–water partition coefficient (Wildman–Crippen LogP) is 1.81. The molecule has 0 saturated carbocycles. The summed E-state index contributed by atoms with van der Waals surface area (Å²) < 4.78 is 4.73. The fourth-order valence-corrected chi connectivity index (χ4v) is 1.84. The fourth-order valence-electron chi connectivity index (χ4n) is 1.43. The maximum Gasteiger partial charge on any atom is 0.331 e. The smallest absolute Gasteiger partial charge is 0.331 e. The number of rotatable bonds is 6. The van der Waals surface area contributed by atoms with Crippen LogP contribution in [0.25, 0.3) is 6.08 Å². The standard InChI is InChI=1S/C15H18N2O4S/c1-3-16-15(20)17-13(18)10-21-14(19)9-6-11-4-7-12(22-2)8-5-11/h4-9H,3,10H2,1-2H3,(H2,16,17,18,20)/b9-6+. The van der Waals surface area contributed by atoms with Gasteiger partial charge in [0.2, 0.25) is 0 Å². The minimum atomic E-state index is -0.683. The lowest BCUT2D eigenvalue weighted by Crippen LogP contribution is -2.41. The van der Waals surface area contributed by atoms with E-state index in [9.17, 15) is 14.4 Å². The maximum atomic E-state index is 11.5. The minimum Gasteiger partial charge on any atom is -0.452 e. The molecule has 0 fully saturated rings. The molecule has 0 bridgehead atoms. The summed E-state index contributed by atoms with van der Waals surface area (Å²) in [7, 11) is 0. The molecule has 0 unspecified atom stereocenters. The number of ether oxygens (including phenoxy) is 1. The summed E-state index contributed by atoms with van der Waals surface area (Å²) in [6, 6.07) is 7.01. The minimum absolute atomic E-state index is 0.400. The Kier molecular flexibility index (Phi) is 7.77. The number of benzene rings is 1. The molecular weight excluding hydrogens is 304 g/mol. The highest BCUT2D eigenvalue weighted by molar-refractivity contribution is 7.98. The molecule has 0 atom stereocenters. The lowest BCUT2D eigenvalue weighted by Gasteiger charge is -2.04. The molecule has 0 aliphatic rings. The first-order valence-corrected chi connectivity index (χ1v) is 7.84. The van der Waals surface area contributed by atoms with Gasteiger partial charge in [-0.3, -0.25) is 10.1 Å². The molecule has 1 aromatic rings. The van der Waals surface area contributed by atoms with E-state index in [0.29, 0.717) is 6.54 Å². The van der Waals surface area contributed by atoms with Crippen molar-refractivity contribution in [3.63, 3.8) is 0 Å². The number of hydrogen-bond acceptors (Lipinski definition) is 5. The number of imide groups is 1. The number of hydrogen-bond donors (Lipinski definition) is 2. The van der Waals surface area contributed by atoms with Crippen LogP contribution in [0, 0.1) is 0 Å². The van der Waals surface area contributed by atoms with Crippen molar-refractivity contribution in [1.82, 2.24) is 10.6 Å². The Morgan fingerprint density at radius 2 is 1.91 bits per heavy atom. The van der Waals surface area contributed by atoms with Crippen molar-refractivity contribution in [2.24, 2.45) is 0 Å². The van der Waals surface area contributed by atoms with Crippen molar-refractivity contribution in [2.75, 3.05) is 19.4 Å². The van der Waals surface area contributed by atoms with Crippen molar-refractivity contribution in [3.8, 4) is 0 Å². The molecule has 22 heavy (non-hydrogen) atoms. The Bertz CT molecular complexity index is 555. The summed E-state index contributed by atoms with van der Waals surface area (Å²) in [6.07, 6.45) is 4.80. The molecule has 3 amide bonds. The van der Waals surface area contributed by atoms with Crippen molar-refractivity contribution < 1.29 is 19.1 Å². The summed E-state index contributed by atoms with van der Waals surface area (Å²) in [6.45, 7) is 1.61. The van der Waals surface area contributed by atoms with Crippen molar-refractivity contribution in [2.45, 2.75) is 11.8 Å². The van der Waals surface area contributed by atoms with E-state index in [-0.39, 0.29) is 0 Å². The molecular formula is C15H18N2O4S. The van der Waals surface area contributed by atoms with E-state index in [0.717, 1.165) is 10.5 Å². The van der Waals surface area contributed by atoms with Gasteiger partial charge in [-0.1, -0.05) is 12.1 Å². The fraction of sp³-hybridized carbons (Fsp3) is 0.267. The van der Waals surface area contributed by atoms with Crippen LogP contribution in [0.15, 0.2) is 35.2 Å². The first-order chi connectivity index (χ1) is 10.5. The molecule has 0 aliphatic carbocycles. The molecule has 0 spiro atoms. The highest BCUT2D eigenvalue weighted by Gasteiger charge is 2.08. The Morgan fingerprint density at radius 3 is 2.50 bits per heavy atom. The Morgan fingerprint density at radius 1 is 1.23 bits per heavy atom. The summed E-state index contributed by atoms with van der Waals surface area (Å²) >= 11 is 1.63. The van der Waals surface area contributed by atoms with Gasteiger partial charge in [0.25, 0.3) is 5.91 Å². The van der Waals surface area contributed by atoms with E-state index in [2.05, 4.69) is 5.32 Å². The van der Waals surface area contributed by atoms with Gasteiger partial charge < -0.3 is 10.1 Å². The van der Waals surface area contributed by atoms with Gasteiger partial charge in [0, 0.05) is 17.5 Å². The predicted molar refractivity (Wildman–Crippen MR) is 85.4 cm³/mol. The van der Waals surface area contributed by atoms with Gasteiger partial charge in [0.15, 0.2) is 6.61 Å². The van der Waals surface area contributed by atoms with Crippen LogP contribution in [0.3, 0.4) is 0 Å². The van der Waals surface area contributed by atoms with Gasteiger partial charge in [-0.15, -0.1) is 11.8 Å². The van der Waals surface area contributed by atoms with Gasteiger partial charge in [0.05, 0.1) is 0 Å². The molecule has 1 rings (SSSR count). The van der Waals surface area contributed by atoms with Crippen LogP contribution in [0.4, 0.5) is 4.79 Å². The van der Waals surface area contributed by atoms with E-state index < -0.39 is 24.5 Å². The molecule has 0 aliphatic heterocycles. The van der Waals surface area contributed by atoms with Crippen molar-refractivity contribution >= 4 is 35.7 Å². The zero-order valence-electron chi connectivity index (χ0n) is 12.4. The van der Waals surface area contributed by atoms with Gasteiger partial charge >= 0.3 is 12.0 Å². The summed E-state index contributed by atoms with van der Waals surface area (Å²) in [5.41, 5.74) is 0.849. The average Bonchev–Trinajstić information content (AvgIpc) is 2.51. The summed E-state index contributed by atoms with van der Waals surface area (Å²) in [5.74, 6) is -1.34. The van der Waals surface area contributed by atoms with Gasteiger partial charge in [-0.2, -0.15) is 0 Å². The van der Waals surface area contributed by atoms with E-state index in [1.807, 2.05) is 35.8 Å². The first-order valence-electron chi connectivity index (χ1n) is 6.61. The third kappa shape index (κ3) is 6.94. The van der Waals surface area contributed by atoms with Crippen LogP contribution < -0.4 is 10.6 Å². The van der Waals surface area contributed by atoms with Crippen molar-refractivity contribution in [1.29, 1.82) is 0 Å². The normalized spacial score (nSPS) is 10.3. The number of amides is 3. The molecule has 118 valence electrons. The molecule has 2 N–H and O–H groups in total. The number of nitrogens with one attached hydrogen (secondary N) is 2. The van der Waals surface area contributed by atoms with Crippen LogP contribution in [-0.4, -0.2) is 37.3 Å². The lowest BCUT2D eigenvalue weighted by molar-refractivity contribution is -0.143. The van der Waals surface area contributed by atoms with E-state index in [1.165, 1.54) is 6.08 Å². The average molecular weight is 322 g/mol. The molecule has 0 heterocycles. The Hall–Kier alpha value is -2.28. The van der Waals surface area contributed by atoms with Gasteiger partial charge in [-0.25, -0.2) is 9.59 Å². The van der Waals surface area contributed by atoms with Crippen LogP contribution in [0.1, 0.15) is 12.5 Å². The van der Waals surface area contributed by atoms with Crippen LogP contribution in [0.5, 0.6) is 0 Å². The molecule has 6 nitrogen and oxygen atoms in total. The number of esters is 1. The van der Waals surface area contributed by atoms with Gasteiger partial charge in [-0.05, 0) is 37.0 Å². The number of carbonyl (C=O) groups excluding carboxylic acids is 3. The second kappa shape index (κ2) is 9.62. The highest BCUT2D eigenvalue weighted by atomic mass is 32.2. The summed E-state index contributed by atoms with van der Waals surface area (Å²) in [4.78, 5) is 35.0. The SMILES string of the molecule is CCNC(=O)NC(=O)COC(=O)/C=C/c1ccc(SC)cc1. The van der Waals surface area contributed by atoms with Crippen LogP contribution >= 0.6 is 11.8 Å².